The highest BCUT2D eigenvalue weighted by Crippen LogP contribution is 2.29. The summed E-state index contributed by atoms with van der Waals surface area (Å²) in [6.45, 7) is 1.81. The zero-order chi connectivity index (χ0) is 22.4. The molecular weight excluding hydrogens is 388 g/mol. The second-order valence-corrected chi connectivity index (χ2v) is 7.86. The summed E-state index contributed by atoms with van der Waals surface area (Å²) in [5.41, 5.74) is 8.54. The van der Waals surface area contributed by atoms with E-state index in [4.69, 9.17) is 16.4 Å². The number of nitriles is 1. The number of rotatable bonds is 4. The number of aryl methyl sites for hydroxylation is 1. The van der Waals surface area contributed by atoms with Crippen LogP contribution in [0, 0.1) is 29.6 Å². The summed E-state index contributed by atoms with van der Waals surface area (Å²) in [6.07, 6.45) is 8.75. The Balaban J connectivity index is 0.000000196. The number of nitrogens with zero attached hydrogens (tertiary/aromatic N) is 2. The van der Waals surface area contributed by atoms with Crippen molar-refractivity contribution in [2.24, 2.45) is 11.7 Å². The van der Waals surface area contributed by atoms with Gasteiger partial charge in [0.15, 0.2) is 0 Å². The van der Waals surface area contributed by atoms with Crippen LogP contribution in [0.5, 0.6) is 0 Å². The molecule has 0 radical (unpaired) electrons. The summed E-state index contributed by atoms with van der Waals surface area (Å²) in [5.74, 6) is 0.242. The van der Waals surface area contributed by atoms with Crippen molar-refractivity contribution in [3.63, 3.8) is 0 Å². The van der Waals surface area contributed by atoms with Crippen LogP contribution >= 0.6 is 0 Å². The van der Waals surface area contributed by atoms with Gasteiger partial charge < -0.3 is 11.1 Å². The summed E-state index contributed by atoms with van der Waals surface area (Å²) < 4.78 is 1.75. The topological polar surface area (TPSA) is 113 Å². The van der Waals surface area contributed by atoms with Gasteiger partial charge in [0.25, 0.3) is 0 Å². The maximum Gasteiger partial charge on any atom is 0.248 e. The van der Waals surface area contributed by atoms with Gasteiger partial charge in [-0.2, -0.15) is 5.26 Å². The van der Waals surface area contributed by atoms with E-state index < -0.39 is 5.91 Å². The molecular formula is C25H26N4O2. The predicted molar refractivity (Wildman–Crippen MR) is 121 cm³/mol. The van der Waals surface area contributed by atoms with Crippen molar-refractivity contribution >= 4 is 28.9 Å². The van der Waals surface area contributed by atoms with Crippen molar-refractivity contribution in [3.8, 4) is 6.07 Å². The van der Waals surface area contributed by atoms with Crippen LogP contribution in [0.1, 0.15) is 63.9 Å². The fourth-order valence-electron chi connectivity index (χ4n) is 3.99. The molecule has 0 unspecified atom stereocenters. The maximum atomic E-state index is 12.4. The second-order valence-electron chi connectivity index (χ2n) is 7.86. The van der Waals surface area contributed by atoms with Crippen LogP contribution < -0.4 is 5.73 Å². The van der Waals surface area contributed by atoms with E-state index in [-0.39, 0.29) is 5.91 Å². The highest BCUT2D eigenvalue weighted by atomic mass is 16.2. The first-order chi connectivity index (χ1) is 14.9. The lowest BCUT2D eigenvalue weighted by Crippen LogP contribution is -2.13. The number of aromatic nitrogens is 1. The molecule has 0 atom stereocenters. The molecule has 1 amide bonds. The van der Waals surface area contributed by atoms with Crippen molar-refractivity contribution in [1.82, 2.24) is 4.57 Å². The molecule has 2 aromatic carbocycles. The number of hydrogen-bond donors (Lipinski definition) is 2. The summed E-state index contributed by atoms with van der Waals surface area (Å²) in [6, 6.07) is 14.5. The molecule has 1 aliphatic rings. The van der Waals surface area contributed by atoms with Crippen molar-refractivity contribution < 1.29 is 9.59 Å². The highest BCUT2D eigenvalue weighted by molar-refractivity contribution is 6.01. The summed E-state index contributed by atoms with van der Waals surface area (Å²) >= 11 is 0. The molecule has 6 nitrogen and oxygen atoms in total. The van der Waals surface area contributed by atoms with Gasteiger partial charge in [-0.15, -0.1) is 0 Å². The quantitative estimate of drug-likeness (QED) is 0.596. The number of benzene rings is 2. The highest BCUT2D eigenvalue weighted by Gasteiger charge is 2.20. The Kier molecular flexibility index (Phi) is 6.99. The van der Waals surface area contributed by atoms with E-state index in [9.17, 15) is 9.59 Å². The van der Waals surface area contributed by atoms with Gasteiger partial charge in [0.2, 0.25) is 11.8 Å². The number of carbonyl (C=O) groups is 2. The largest absolute Gasteiger partial charge is 0.366 e. The predicted octanol–water partition coefficient (Wildman–Crippen LogP) is 4.83. The molecule has 6 heteroatoms. The van der Waals surface area contributed by atoms with Gasteiger partial charge in [0.05, 0.1) is 17.1 Å². The zero-order valence-electron chi connectivity index (χ0n) is 17.6. The van der Waals surface area contributed by atoms with Crippen LogP contribution in [-0.4, -0.2) is 22.6 Å². The summed E-state index contributed by atoms with van der Waals surface area (Å²) in [7, 11) is 0. The van der Waals surface area contributed by atoms with Crippen LogP contribution in [0.15, 0.2) is 48.7 Å². The van der Waals surface area contributed by atoms with Crippen molar-refractivity contribution in [3.05, 3.63) is 70.9 Å². The first-order valence-corrected chi connectivity index (χ1v) is 10.4. The summed E-state index contributed by atoms with van der Waals surface area (Å²) in [4.78, 5) is 23.1. The lowest BCUT2D eigenvalue weighted by atomic mass is 10.0. The molecule has 0 bridgehead atoms. The van der Waals surface area contributed by atoms with E-state index in [1.54, 1.807) is 16.7 Å². The standard InChI is InChI=1S/C16H18N2O.C9H8N2O/c17-11-13-6-3-7-15-14(13)8-9-18(15)16(19)10-12-4-1-2-5-12;1-6-2-3-7(9(11)12)4-8(6)5-10/h3,6-9,11-12,17H,1-2,4-5,10H2;2-4H,1H3,(H2,11,12). The SMILES string of the molecule is Cc1ccc(C(N)=O)cc1C#N.N=Cc1cccc2c1ccn2C(=O)CC1CCCC1. The van der Waals surface area contributed by atoms with Crippen LogP contribution in [0.25, 0.3) is 10.9 Å². The van der Waals surface area contributed by atoms with Crippen molar-refractivity contribution in [1.29, 1.82) is 10.7 Å². The van der Waals surface area contributed by atoms with E-state index in [0.717, 1.165) is 22.0 Å². The Labute approximate surface area is 181 Å². The Bertz CT molecular complexity index is 1160. The molecule has 1 aliphatic carbocycles. The minimum atomic E-state index is -0.508. The smallest absolute Gasteiger partial charge is 0.248 e. The molecule has 31 heavy (non-hydrogen) atoms. The van der Waals surface area contributed by atoms with Gasteiger partial charge in [-0.25, -0.2) is 0 Å². The molecule has 4 rings (SSSR count). The third-order valence-corrected chi connectivity index (χ3v) is 5.77. The average Bonchev–Trinajstić information content (AvgIpc) is 3.43. The fourth-order valence-corrected chi connectivity index (χ4v) is 3.99. The van der Waals surface area contributed by atoms with Crippen molar-refractivity contribution in [2.75, 3.05) is 0 Å². The number of carbonyl (C=O) groups excluding carboxylic acids is 2. The molecule has 0 spiro atoms. The first-order valence-electron chi connectivity index (χ1n) is 10.4. The van der Waals surface area contributed by atoms with Crippen molar-refractivity contribution in [2.45, 2.75) is 39.0 Å². The van der Waals surface area contributed by atoms with Gasteiger partial charge in [-0.3, -0.25) is 14.2 Å². The Morgan fingerprint density at radius 2 is 1.97 bits per heavy atom. The Morgan fingerprint density at radius 3 is 2.61 bits per heavy atom. The van der Waals surface area contributed by atoms with Gasteiger partial charge in [-0.1, -0.05) is 31.0 Å². The van der Waals surface area contributed by atoms with Crippen LogP contribution in [-0.2, 0) is 0 Å². The van der Waals surface area contributed by atoms with Gasteiger partial charge >= 0.3 is 0 Å². The number of amides is 1. The van der Waals surface area contributed by atoms with Gasteiger partial charge in [0, 0.05) is 35.3 Å². The van der Waals surface area contributed by atoms with E-state index in [2.05, 4.69) is 0 Å². The number of nitrogens with one attached hydrogen (secondary N) is 1. The molecule has 1 aromatic heterocycles. The number of fused-ring (bicyclic) bond motifs is 1. The summed E-state index contributed by atoms with van der Waals surface area (Å²) in [5, 5.41) is 17.0. The normalized spacial score (nSPS) is 13.3. The van der Waals surface area contributed by atoms with E-state index in [1.165, 1.54) is 38.0 Å². The molecule has 0 aliphatic heterocycles. The van der Waals surface area contributed by atoms with Crippen LogP contribution in [0.3, 0.4) is 0 Å². The van der Waals surface area contributed by atoms with E-state index in [0.29, 0.717) is 23.5 Å². The molecule has 1 heterocycles. The molecule has 3 N–H and O–H groups in total. The maximum absolute atomic E-state index is 12.4. The molecule has 158 valence electrons. The fraction of sp³-hybridized carbons (Fsp3) is 0.280. The number of primary amides is 1. The van der Waals surface area contributed by atoms with Gasteiger partial charge in [-0.05, 0) is 55.5 Å². The average molecular weight is 415 g/mol. The number of nitrogens with two attached hydrogens (primary N) is 1. The second kappa shape index (κ2) is 9.86. The minimum Gasteiger partial charge on any atom is -0.366 e. The zero-order valence-corrected chi connectivity index (χ0v) is 17.6. The third kappa shape index (κ3) is 5.07. The minimum absolute atomic E-state index is 0.184. The third-order valence-electron chi connectivity index (χ3n) is 5.77. The molecule has 1 fully saturated rings. The molecule has 1 saturated carbocycles. The van der Waals surface area contributed by atoms with Crippen LogP contribution in [0.4, 0.5) is 0 Å². The molecule has 3 aromatic rings. The van der Waals surface area contributed by atoms with Gasteiger partial charge in [0.1, 0.15) is 0 Å². The van der Waals surface area contributed by atoms with E-state index in [1.807, 2.05) is 43.5 Å². The first kappa shape index (κ1) is 22.0. The van der Waals surface area contributed by atoms with E-state index >= 15 is 0 Å². The Hall–Kier alpha value is -3.72. The Morgan fingerprint density at radius 1 is 1.23 bits per heavy atom. The lowest BCUT2D eigenvalue weighted by molar-refractivity contribution is 0.0885. The number of hydrogen-bond acceptors (Lipinski definition) is 4. The molecule has 0 saturated heterocycles. The monoisotopic (exact) mass is 414 g/mol. The lowest BCUT2D eigenvalue weighted by Gasteiger charge is -2.09. The van der Waals surface area contributed by atoms with Crippen LogP contribution in [0.2, 0.25) is 0 Å².